The van der Waals surface area contributed by atoms with E-state index in [0.29, 0.717) is 0 Å². The number of aliphatic hydroxyl groups is 2. The minimum Gasteiger partial charge on any atom is -0.399 e. The number of rotatable bonds is 6. The molecule has 0 aliphatic carbocycles. The van der Waals surface area contributed by atoms with Crippen molar-refractivity contribution in [2.24, 2.45) is 5.92 Å². The van der Waals surface area contributed by atoms with Crippen LogP contribution in [0.25, 0.3) is 0 Å². The first-order valence-corrected chi connectivity index (χ1v) is 15.2. The zero-order chi connectivity index (χ0) is 27.0. The molecule has 0 aromatic heterocycles. The predicted octanol–water partition coefficient (Wildman–Crippen LogP) is 4.99. The highest BCUT2D eigenvalue weighted by atomic mass is 28.4. The lowest BCUT2D eigenvalue weighted by molar-refractivity contribution is -0.202. The Labute approximate surface area is 223 Å². The van der Waals surface area contributed by atoms with Crippen molar-refractivity contribution < 1.29 is 19.4 Å². The maximum atomic E-state index is 11.8. The van der Waals surface area contributed by atoms with Gasteiger partial charge in [0.25, 0.3) is 8.32 Å². The fourth-order valence-electron chi connectivity index (χ4n) is 6.20. The normalized spacial score (nSPS) is 24.7. The van der Waals surface area contributed by atoms with Crippen LogP contribution in [0.3, 0.4) is 0 Å². The van der Waals surface area contributed by atoms with Gasteiger partial charge in [-0.1, -0.05) is 106 Å². The van der Waals surface area contributed by atoms with E-state index in [1.807, 2.05) is 19.1 Å². The molecule has 1 fully saturated rings. The Morgan fingerprint density at radius 2 is 1.35 bits per heavy atom. The van der Waals surface area contributed by atoms with Crippen LogP contribution >= 0.6 is 0 Å². The Bertz CT molecular complexity index is 1130. The summed E-state index contributed by atoms with van der Waals surface area (Å²) in [5.41, 5.74) is 4.44. The molecular weight excluding hydrogens is 476 g/mol. The molecule has 1 saturated heterocycles. The van der Waals surface area contributed by atoms with Gasteiger partial charge in [0, 0.05) is 5.92 Å². The second-order valence-electron chi connectivity index (χ2n) is 11.7. The van der Waals surface area contributed by atoms with E-state index in [4.69, 9.17) is 9.16 Å². The summed E-state index contributed by atoms with van der Waals surface area (Å²) in [4.78, 5) is 0. The first-order valence-electron chi connectivity index (χ1n) is 13.3. The van der Waals surface area contributed by atoms with E-state index in [9.17, 15) is 10.2 Å². The molecule has 0 spiro atoms. The van der Waals surface area contributed by atoms with Gasteiger partial charge in [-0.25, -0.2) is 0 Å². The van der Waals surface area contributed by atoms with Gasteiger partial charge in [-0.3, -0.25) is 0 Å². The lowest BCUT2D eigenvalue weighted by atomic mass is 9.83. The highest BCUT2D eigenvalue weighted by molar-refractivity contribution is 6.99. The molecule has 0 radical (unpaired) electrons. The second-order valence-corrected chi connectivity index (χ2v) is 15.9. The van der Waals surface area contributed by atoms with E-state index in [0.717, 1.165) is 27.1 Å². The Morgan fingerprint density at radius 1 is 0.865 bits per heavy atom. The average molecular weight is 519 g/mol. The highest BCUT2D eigenvalue weighted by Gasteiger charge is 2.55. The van der Waals surface area contributed by atoms with Crippen LogP contribution in [-0.4, -0.2) is 43.4 Å². The molecule has 0 saturated carbocycles. The number of hydrogen-bond acceptors (Lipinski definition) is 4. The average Bonchev–Trinajstić information content (AvgIpc) is 2.85. The summed E-state index contributed by atoms with van der Waals surface area (Å²) in [5.74, 6) is -0.282. The van der Waals surface area contributed by atoms with Gasteiger partial charge in [0.05, 0.1) is 18.8 Å². The summed E-state index contributed by atoms with van der Waals surface area (Å²) >= 11 is 0. The Morgan fingerprint density at radius 3 is 1.78 bits per heavy atom. The number of aliphatic hydroxyl groups excluding tert-OH is 2. The summed E-state index contributed by atoms with van der Waals surface area (Å²) < 4.78 is 14.1. The molecule has 1 aliphatic heterocycles. The van der Waals surface area contributed by atoms with Gasteiger partial charge in [-0.15, -0.1) is 0 Å². The smallest absolute Gasteiger partial charge is 0.261 e. The standard InChI is InChI=1S/C32H42O4Si/c1-21-18-22(2)28(23(3)19-21)30-31(29(34)24(4)27(20-33)35-30)36-37(32(5,6)7,25-14-10-8-11-15-25)26-16-12-9-13-17-26/h8-19,24,27,29-31,33-34H,20H2,1-7H3/t24?,27-,29+,30+,31?/m1/s1. The molecule has 0 amide bonds. The first kappa shape index (κ1) is 27.7. The maximum Gasteiger partial charge on any atom is 0.261 e. The Kier molecular flexibility index (Phi) is 8.12. The lowest BCUT2D eigenvalue weighted by Gasteiger charge is -2.51. The van der Waals surface area contributed by atoms with Gasteiger partial charge in [-0.2, -0.15) is 0 Å². The number of benzene rings is 3. The minimum absolute atomic E-state index is 0.148. The van der Waals surface area contributed by atoms with Crippen molar-refractivity contribution in [1.29, 1.82) is 0 Å². The second kappa shape index (κ2) is 10.8. The van der Waals surface area contributed by atoms with Crippen LogP contribution in [0.2, 0.25) is 5.04 Å². The van der Waals surface area contributed by atoms with Crippen molar-refractivity contribution in [3.8, 4) is 0 Å². The van der Waals surface area contributed by atoms with E-state index in [1.54, 1.807) is 0 Å². The number of aryl methyl sites for hydroxylation is 3. The Hall–Kier alpha value is -2.28. The third-order valence-corrected chi connectivity index (χ3v) is 13.0. The van der Waals surface area contributed by atoms with Crippen LogP contribution in [0.4, 0.5) is 0 Å². The predicted molar refractivity (Wildman–Crippen MR) is 153 cm³/mol. The van der Waals surface area contributed by atoms with Crippen LogP contribution in [-0.2, 0) is 9.16 Å². The molecule has 2 N–H and O–H groups in total. The molecule has 5 atom stereocenters. The van der Waals surface area contributed by atoms with Crippen molar-refractivity contribution in [2.75, 3.05) is 6.61 Å². The van der Waals surface area contributed by atoms with Crippen molar-refractivity contribution >= 4 is 18.7 Å². The highest BCUT2D eigenvalue weighted by Crippen LogP contribution is 2.44. The van der Waals surface area contributed by atoms with Gasteiger partial charge >= 0.3 is 0 Å². The first-order chi connectivity index (χ1) is 17.5. The van der Waals surface area contributed by atoms with Gasteiger partial charge in [0.15, 0.2) is 0 Å². The van der Waals surface area contributed by atoms with Crippen molar-refractivity contribution in [2.45, 2.75) is 77.9 Å². The monoisotopic (exact) mass is 518 g/mol. The summed E-state index contributed by atoms with van der Waals surface area (Å²) in [6.07, 6.45) is -2.40. The van der Waals surface area contributed by atoms with E-state index >= 15 is 0 Å². The zero-order valence-corrected chi connectivity index (χ0v) is 24.2. The molecule has 37 heavy (non-hydrogen) atoms. The molecule has 1 aliphatic rings. The topological polar surface area (TPSA) is 58.9 Å². The fourth-order valence-corrected chi connectivity index (χ4v) is 10.9. The molecule has 1 heterocycles. The van der Waals surface area contributed by atoms with Crippen LogP contribution < -0.4 is 10.4 Å². The lowest BCUT2D eigenvalue weighted by Crippen LogP contribution is -2.70. The van der Waals surface area contributed by atoms with Crippen molar-refractivity contribution in [3.05, 3.63) is 95.1 Å². The third kappa shape index (κ3) is 5.08. The Balaban J connectivity index is 1.95. The van der Waals surface area contributed by atoms with Crippen molar-refractivity contribution in [3.63, 3.8) is 0 Å². The van der Waals surface area contributed by atoms with Crippen LogP contribution in [0.15, 0.2) is 72.8 Å². The molecule has 4 rings (SSSR count). The van der Waals surface area contributed by atoms with E-state index in [2.05, 4.69) is 102 Å². The molecule has 198 valence electrons. The third-order valence-electron chi connectivity index (χ3n) is 8.01. The SMILES string of the molecule is Cc1cc(C)c([C@@H]2O[C@H](CO)C(C)[C@H](O)C2O[Si](c2ccccc2)(c2ccccc2)C(C)(C)C)c(C)c1. The van der Waals surface area contributed by atoms with E-state index < -0.39 is 32.7 Å². The fraction of sp³-hybridized carbons (Fsp3) is 0.438. The van der Waals surface area contributed by atoms with Crippen LogP contribution in [0.1, 0.15) is 56.1 Å². The molecule has 4 nitrogen and oxygen atoms in total. The molecule has 0 bridgehead atoms. The summed E-state index contributed by atoms with van der Waals surface area (Å²) in [5, 5.41) is 24.1. The number of hydrogen-bond donors (Lipinski definition) is 2. The van der Waals surface area contributed by atoms with Crippen LogP contribution in [0, 0.1) is 26.7 Å². The van der Waals surface area contributed by atoms with Gasteiger partial charge in [0.2, 0.25) is 0 Å². The van der Waals surface area contributed by atoms with Gasteiger partial charge in [0.1, 0.15) is 12.2 Å². The molecular formula is C32H42O4Si. The molecule has 2 unspecified atom stereocenters. The quantitative estimate of drug-likeness (QED) is 0.452. The molecule has 3 aromatic rings. The summed E-state index contributed by atoms with van der Waals surface area (Å²) in [7, 11) is -2.96. The summed E-state index contributed by atoms with van der Waals surface area (Å²) in [6.45, 7) is 14.8. The zero-order valence-electron chi connectivity index (χ0n) is 23.2. The maximum absolute atomic E-state index is 11.8. The van der Waals surface area contributed by atoms with Gasteiger partial charge < -0.3 is 19.4 Å². The number of ether oxygens (including phenoxy) is 1. The van der Waals surface area contributed by atoms with E-state index in [-0.39, 0.29) is 17.6 Å². The molecule has 5 heteroatoms. The van der Waals surface area contributed by atoms with Gasteiger partial charge in [-0.05, 0) is 52.9 Å². The largest absolute Gasteiger partial charge is 0.399 e. The van der Waals surface area contributed by atoms with E-state index in [1.165, 1.54) is 5.56 Å². The molecule has 3 aromatic carbocycles. The minimum atomic E-state index is -2.96. The van der Waals surface area contributed by atoms with Crippen molar-refractivity contribution in [1.82, 2.24) is 0 Å². The summed E-state index contributed by atoms with van der Waals surface area (Å²) in [6, 6.07) is 25.3. The van der Waals surface area contributed by atoms with Crippen LogP contribution in [0.5, 0.6) is 0 Å².